The Hall–Kier alpha value is -4.57. The van der Waals surface area contributed by atoms with Crippen molar-refractivity contribution in [1.82, 2.24) is 9.88 Å². The minimum atomic E-state index is -5.09. The van der Waals surface area contributed by atoms with Gasteiger partial charge in [-0.2, -0.15) is 0 Å². The maximum absolute atomic E-state index is 15.5. The van der Waals surface area contributed by atoms with E-state index in [4.69, 9.17) is 14.0 Å². The van der Waals surface area contributed by atoms with Crippen LogP contribution in [0.2, 0.25) is 0 Å². The number of hydrogen-bond donors (Lipinski definition) is 4. The van der Waals surface area contributed by atoms with Crippen LogP contribution in [0.4, 0.5) is 25.0 Å². The number of nitrogens with one attached hydrogen (secondary N) is 1. The van der Waals surface area contributed by atoms with E-state index in [0.29, 0.717) is 12.8 Å². The number of amides is 2. The first-order valence-corrected chi connectivity index (χ1v) is 16.9. The third-order valence-electron chi connectivity index (χ3n) is 8.75. The molecule has 3 fully saturated rings. The smallest absolute Gasteiger partial charge is 0.470 e. The number of benzene rings is 2. The van der Waals surface area contributed by atoms with E-state index < -0.39 is 55.3 Å². The van der Waals surface area contributed by atoms with Crippen molar-refractivity contribution in [2.24, 2.45) is 0 Å². The molecule has 4 N–H and O–H groups in total. The van der Waals surface area contributed by atoms with Gasteiger partial charge in [-0.1, -0.05) is 0 Å². The fourth-order valence-corrected chi connectivity index (χ4v) is 6.97. The zero-order valence-corrected chi connectivity index (χ0v) is 27.0. The molecule has 1 aromatic heterocycles. The summed E-state index contributed by atoms with van der Waals surface area (Å²) in [5.74, 6) is -3.48. The first-order valence-electron chi connectivity index (χ1n) is 15.4. The van der Waals surface area contributed by atoms with Crippen LogP contribution in [0.25, 0.3) is 10.9 Å². The van der Waals surface area contributed by atoms with Crippen molar-refractivity contribution in [2.45, 2.75) is 50.4 Å². The Morgan fingerprint density at radius 2 is 1.80 bits per heavy atom. The van der Waals surface area contributed by atoms with Crippen LogP contribution in [0.1, 0.15) is 49.1 Å². The number of hydrogen-bond acceptors (Lipinski definition) is 9. The number of phosphoric ester groups is 1. The fourth-order valence-electron chi connectivity index (χ4n) is 6.23. The Bertz CT molecular complexity index is 1940. The summed E-state index contributed by atoms with van der Waals surface area (Å²) in [7, 11) is -5.09. The van der Waals surface area contributed by atoms with Gasteiger partial charge >= 0.3 is 19.9 Å². The van der Waals surface area contributed by atoms with Crippen molar-refractivity contribution in [3.8, 4) is 5.75 Å². The molecular formula is C31H33F2N4O11P. The molecule has 49 heavy (non-hydrogen) atoms. The number of rotatable bonds is 11. The summed E-state index contributed by atoms with van der Waals surface area (Å²) in [4.78, 5) is 70.4. The number of carbonyl (C=O) groups excluding carboxylic acids is 2. The van der Waals surface area contributed by atoms with Crippen molar-refractivity contribution < 1.29 is 56.6 Å². The monoisotopic (exact) mass is 706 g/mol. The van der Waals surface area contributed by atoms with E-state index in [2.05, 4.69) is 5.32 Å². The van der Waals surface area contributed by atoms with Gasteiger partial charge in [-0.05, 0) is 49.9 Å². The minimum Gasteiger partial charge on any atom is -0.487 e. The van der Waals surface area contributed by atoms with Crippen molar-refractivity contribution >= 4 is 48.1 Å². The summed E-state index contributed by atoms with van der Waals surface area (Å²) < 4.78 is 60.2. The molecule has 1 atom stereocenters. The Balaban J connectivity index is 1.19. The molecule has 0 unspecified atom stereocenters. The van der Waals surface area contributed by atoms with Gasteiger partial charge in [0.05, 0.1) is 30.0 Å². The fraction of sp³-hybridized carbons (Fsp3) is 0.419. The molecule has 0 bridgehead atoms. The van der Waals surface area contributed by atoms with Crippen LogP contribution < -0.4 is 25.3 Å². The first-order chi connectivity index (χ1) is 23.1. The number of carboxylic acid groups (broad SMARTS) is 1. The molecule has 3 heterocycles. The lowest BCUT2D eigenvalue weighted by atomic mass is 9.92. The summed E-state index contributed by atoms with van der Waals surface area (Å²) in [6.45, 7) is 0.995. The second-order valence-electron chi connectivity index (χ2n) is 12.3. The van der Waals surface area contributed by atoms with Gasteiger partial charge in [-0.15, -0.1) is 0 Å². The maximum Gasteiger partial charge on any atom is 0.470 e. The van der Waals surface area contributed by atoms with E-state index in [0.717, 1.165) is 18.2 Å². The number of carbonyl (C=O) groups is 3. The molecule has 3 aromatic rings. The second kappa shape index (κ2) is 13.0. The number of fused-ring (bicyclic) bond motifs is 1. The van der Waals surface area contributed by atoms with Crippen LogP contribution in [-0.4, -0.2) is 81.9 Å². The molecule has 6 rings (SSSR count). The second-order valence-corrected chi connectivity index (χ2v) is 13.5. The molecule has 0 spiro atoms. The van der Waals surface area contributed by atoms with Crippen LogP contribution in [0.15, 0.2) is 41.2 Å². The standard InChI is InChI=1S/C31H33F2N4O11P/c1-17(38)34-14-20-15-36(30(42)47-20)19-4-5-28(23(33)10-19)46-16-31(48-49(43,44)45)6-8-35(9-7-31)25-12-24-21(11-22(25)32)27(39)13-26(29(40)41)37(24)18-2-3-18/h4-5,10-13,18,20H,2-3,6-9,14-16H2,1H3,(H,34,38)(H,40,41)(H2,43,44,45)/t20-/m0/s1. The number of aromatic nitrogens is 1. The van der Waals surface area contributed by atoms with Crippen molar-refractivity contribution in [2.75, 3.05) is 42.6 Å². The molecule has 1 saturated carbocycles. The number of aromatic carboxylic acids is 1. The predicted octanol–water partition coefficient (Wildman–Crippen LogP) is 3.30. The highest BCUT2D eigenvalue weighted by molar-refractivity contribution is 7.46. The van der Waals surface area contributed by atoms with Gasteiger partial charge in [-0.3, -0.25) is 19.0 Å². The SMILES string of the molecule is CC(=O)NC[C@H]1CN(c2ccc(OCC3(OP(=O)(O)O)CCN(c4cc5c(cc4F)c(=O)cc(C(=O)O)n5C4CC4)CC3)c(F)c2)C(=O)O1. The minimum absolute atomic E-state index is 0.0101. The molecule has 18 heteroatoms. The molecule has 3 aliphatic rings. The maximum atomic E-state index is 15.5. The van der Waals surface area contributed by atoms with E-state index in [-0.39, 0.29) is 84.7 Å². The largest absolute Gasteiger partial charge is 0.487 e. The molecule has 2 saturated heterocycles. The van der Waals surface area contributed by atoms with Crippen LogP contribution in [-0.2, 0) is 18.6 Å². The number of carboxylic acids is 1. The number of piperidine rings is 1. The Labute approximate surface area is 277 Å². The van der Waals surface area contributed by atoms with E-state index >= 15 is 8.78 Å². The number of anilines is 2. The molecule has 2 aliphatic heterocycles. The number of ether oxygens (including phenoxy) is 2. The first kappa shape index (κ1) is 34.3. The Morgan fingerprint density at radius 3 is 2.41 bits per heavy atom. The van der Waals surface area contributed by atoms with Crippen LogP contribution in [0, 0.1) is 11.6 Å². The normalized spacial score (nSPS) is 19.2. The summed E-state index contributed by atoms with van der Waals surface area (Å²) >= 11 is 0. The van der Waals surface area contributed by atoms with Gasteiger partial charge in [0.25, 0.3) is 0 Å². The zero-order chi connectivity index (χ0) is 35.2. The Kier molecular flexibility index (Phi) is 9.13. The van der Waals surface area contributed by atoms with E-state index in [1.54, 1.807) is 4.90 Å². The average molecular weight is 707 g/mol. The van der Waals surface area contributed by atoms with Crippen LogP contribution in [0.5, 0.6) is 5.75 Å². The molecule has 1 aliphatic carbocycles. The zero-order valence-electron chi connectivity index (χ0n) is 26.1. The molecular weight excluding hydrogens is 673 g/mol. The highest BCUT2D eigenvalue weighted by Gasteiger charge is 2.43. The van der Waals surface area contributed by atoms with E-state index in [1.165, 1.54) is 34.6 Å². The lowest BCUT2D eigenvalue weighted by Crippen LogP contribution is -2.49. The highest BCUT2D eigenvalue weighted by Crippen LogP contribution is 2.46. The lowest BCUT2D eigenvalue weighted by molar-refractivity contribution is -0.119. The van der Waals surface area contributed by atoms with E-state index in [1.807, 2.05) is 0 Å². The van der Waals surface area contributed by atoms with Gasteiger partial charge in [0.2, 0.25) is 5.91 Å². The third-order valence-corrected chi connectivity index (χ3v) is 9.37. The Morgan fingerprint density at radius 1 is 1.08 bits per heavy atom. The molecule has 2 amide bonds. The lowest BCUT2D eigenvalue weighted by Gasteiger charge is -2.42. The molecule has 2 aromatic carbocycles. The number of nitrogens with zero attached hydrogens (tertiary/aromatic N) is 3. The van der Waals surface area contributed by atoms with Crippen molar-refractivity contribution in [3.63, 3.8) is 0 Å². The van der Waals surface area contributed by atoms with E-state index in [9.17, 15) is 38.6 Å². The predicted molar refractivity (Wildman–Crippen MR) is 169 cm³/mol. The number of cyclic esters (lactones) is 1. The van der Waals surface area contributed by atoms with Gasteiger partial charge in [0, 0.05) is 43.6 Å². The third kappa shape index (κ3) is 7.39. The van der Waals surface area contributed by atoms with Crippen molar-refractivity contribution in [3.05, 3.63) is 63.9 Å². The summed E-state index contributed by atoms with van der Waals surface area (Å²) in [5, 5.41) is 12.3. The summed E-state index contributed by atoms with van der Waals surface area (Å²) in [6.07, 6.45) is -0.147. The van der Waals surface area contributed by atoms with Crippen LogP contribution in [0.3, 0.4) is 0 Å². The quantitative estimate of drug-likeness (QED) is 0.213. The van der Waals surface area contributed by atoms with Gasteiger partial charge < -0.3 is 39.2 Å². The highest BCUT2D eigenvalue weighted by atomic mass is 31.2. The van der Waals surface area contributed by atoms with Gasteiger partial charge in [-0.25, -0.2) is 22.9 Å². The van der Waals surface area contributed by atoms with Gasteiger partial charge in [0.15, 0.2) is 17.0 Å². The average Bonchev–Trinajstić information content (AvgIpc) is 3.79. The molecule has 262 valence electrons. The topological polar surface area (TPSA) is 197 Å². The number of halogens is 2. The molecule has 15 nitrogen and oxygen atoms in total. The van der Waals surface area contributed by atoms with Crippen LogP contribution >= 0.6 is 7.82 Å². The molecule has 0 radical (unpaired) electrons. The summed E-state index contributed by atoms with van der Waals surface area (Å²) in [5.41, 5.74) is -1.96. The van der Waals surface area contributed by atoms with Gasteiger partial charge in [0.1, 0.15) is 29.8 Å². The number of phosphoric acid groups is 1. The summed E-state index contributed by atoms with van der Waals surface area (Å²) in [6, 6.07) is 7.00. The van der Waals surface area contributed by atoms with Crippen molar-refractivity contribution in [1.29, 1.82) is 0 Å². The number of pyridine rings is 1.